The second kappa shape index (κ2) is 10.0. The summed E-state index contributed by atoms with van der Waals surface area (Å²) in [6, 6.07) is 16.9. The lowest BCUT2D eigenvalue weighted by atomic mass is 10.00. The Labute approximate surface area is 203 Å². The van der Waals surface area contributed by atoms with E-state index in [1.165, 1.54) is 41.9 Å². The number of benzene rings is 3. The molecule has 190 valence electrons. The van der Waals surface area contributed by atoms with Crippen molar-refractivity contribution in [1.29, 1.82) is 0 Å². The van der Waals surface area contributed by atoms with Crippen molar-refractivity contribution < 1.29 is 45.8 Å². The smallest absolute Gasteiger partial charge is 0.457 e. The molecule has 1 aliphatic heterocycles. The Balaban J connectivity index is 1.53. The summed E-state index contributed by atoms with van der Waals surface area (Å²) in [7, 11) is -4.15. The summed E-state index contributed by atoms with van der Waals surface area (Å²) in [5.41, 5.74) is 2.60. The van der Waals surface area contributed by atoms with E-state index >= 15 is 0 Å². The molecule has 3 aromatic rings. The van der Waals surface area contributed by atoms with Gasteiger partial charge >= 0.3 is 12.5 Å². The number of alkyl halides is 3. The number of hydroxylamine groups is 1. The van der Waals surface area contributed by atoms with E-state index in [1.807, 2.05) is 0 Å². The summed E-state index contributed by atoms with van der Waals surface area (Å²) in [5.74, 6) is 0.0252. The molecule has 0 saturated carbocycles. The van der Waals surface area contributed by atoms with Gasteiger partial charge in [-0.2, -0.15) is 4.31 Å². The molecule has 0 aromatic heterocycles. The van der Waals surface area contributed by atoms with Gasteiger partial charge < -0.3 is 14.2 Å². The van der Waals surface area contributed by atoms with E-state index in [9.17, 15) is 26.4 Å². The van der Waals surface area contributed by atoms with Crippen LogP contribution in [-0.2, 0) is 21.2 Å². The zero-order chi connectivity index (χ0) is 25.9. The third kappa shape index (κ3) is 5.70. The zero-order valence-electron chi connectivity index (χ0n) is 18.3. The Hall–Kier alpha value is -3.81. The Kier molecular flexibility index (Phi) is 7.06. The van der Waals surface area contributed by atoms with E-state index in [0.717, 1.165) is 22.0 Å². The summed E-state index contributed by atoms with van der Waals surface area (Å²) in [4.78, 5) is 11.6. The first kappa shape index (κ1) is 25.3. The van der Waals surface area contributed by atoms with Gasteiger partial charge in [0.1, 0.15) is 17.2 Å². The molecular weight excluding hydrogens is 505 g/mol. The van der Waals surface area contributed by atoms with Crippen LogP contribution in [0, 0.1) is 0 Å². The molecule has 1 heterocycles. The predicted molar refractivity (Wildman–Crippen MR) is 118 cm³/mol. The van der Waals surface area contributed by atoms with Gasteiger partial charge in [-0.15, -0.1) is 13.2 Å². The van der Waals surface area contributed by atoms with Crippen LogP contribution in [0.2, 0.25) is 0 Å². The molecule has 4 rings (SSSR count). The second-order valence-corrected chi connectivity index (χ2v) is 9.42. The summed E-state index contributed by atoms with van der Waals surface area (Å²) in [6.07, 6.45) is -6.95. The predicted octanol–water partition coefficient (Wildman–Crippen LogP) is 4.74. The number of carbonyl (C=O) groups is 1. The second-order valence-electron chi connectivity index (χ2n) is 7.53. The maximum absolute atomic E-state index is 13.4. The molecular formula is C23H19F3N2O7S. The van der Waals surface area contributed by atoms with E-state index in [-0.39, 0.29) is 22.9 Å². The van der Waals surface area contributed by atoms with Crippen molar-refractivity contribution in [3.8, 4) is 17.2 Å². The molecule has 0 radical (unpaired) electrons. The minimum absolute atomic E-state index is 0.0211. The lowest BCUT2D eigenvalue weighted by Gasteiger charge is -2.35. The van der Waals surface area contributed by atoms with E-state index in [1.54, 1.807) is 24.3 Å². The average Bonchev–Trinajstić information content (AvgIpc) is 2.84. The van der Waals surface area contributed by atoms with Crippen molar-refractivity contribution in [3.63, 3.8) is 0 Å². The number of sulfonamides is 1. The number of fused-ring (bicyclic) bond motifs is 1. The number of nitrogens with zero attached hydrogens (tertiary/aromatic N) is 1. The number of halogens is 3. The molecule has 1 atom stereocenters. The minimum Gasteiger partial charge on any atom is -0.457 e. The molecule has 36 heavy (non-hydrogen) atoms. The van der Waals surface area contributed by atoms with Gasteiger partial charge in [0.05, 0.1) is 4.90 Å². The van der Waals surface area contributed by atoms with Gasteiger partial charge in [-0.25, -0.2) is 18.7 Å². The Morgan fingerprint density at radius 2 is 1.53 bits per heavy atom. The van der Waals surface area contributed by atoms with Gasteiger partial charge in [-0.3, -0.25) is 5.21 Å². The van der Waals surface area contributed by atoms with Crippen molar-refractivity contribution in [2.45, 2.75) is 23.9 Å². The van der Waals surface area contributed by atoms with Gasteiger partial charge in [0.25, 0.3) is 0 Å². The third-order valence-corrected chi connectivity index (χ3v) is 7.08. The third-order valence-electron chi connectivity index (χ3n) is 5.22. The SMILES string of the molecule is O=C(NO)O[C@H]1c2ccccc2CCN1S(=O)(=O)c1ccc(Oc2ccc(OC(F)(F)F)cc2)cc1. The maximum atomic E-state index is 13.4. The number of ether oxygens (including phenoxy) is 3. The van der Waals surface area contributed by atoms with Gasteiger partial charge in [0.15, 0.2) is 6.23 Å². The number of rotatable bonds is 6. The molecule has 0 bridgehead atoms. The first-order chi connectivity index (χ1) is 17.1. The number of hydrogen-bond acceptors (Lipinski definition) is 7. The van der Waals surface area contributed by atoms with Crippen LogP contribution in [-0.4, -0.2) is 36.9 Å². The van der Waals surface area contributed by atoms with E-state index in [0.29, 0.717) is 12.0 Å². The molecule has 0 spiro atoms. The largest absolute Gasteiger partial charge is 0.573 e. The lowest BCUT2D eigenvalue weighted by molar-refractivity contribution is -0.274. The Morgan fingerprint density at radius 3 is 2.14 bits per heavy atom. The molecule has 2 N–H and O–H groups in total. The van der Waals surface area contributed by atoms with Crippen molar-refractivity contribution >= 4 is 16.1 Å². The van der Waals surface area contributed by atoms with Crippen LogP contribution in [0.5, 0.6) is 17.2 Å². The highest BCUT2D eigenvalue weighted by Gasteiger charge is 2.39. The molecule has 3 aromatic carbocycles. The first-order valence-electron chi connectivity index (χ1n) is 10.4. The molecule has 9 nitrogen and oxygen atoms in total. The van der Waals surface area contributed by atoms with Crippen molar-refractivity contribution in [2.24, 2.45) is 0 Å². The Morgan fingerprint density at radius 1 is 0.944 bits per heavy atom. The standard InChI is InChI=1S/C23H19F3N2O7S/c24-23(25,26)35-18-7-5-16(6-8-18)33-17-9-11-19(12-10-17)36(31,32)28-14-13-15-3-1-2-4-20(15)21(28)34-22(29)27-30/h1-12,21,30H,13-14H2,(H,27,29)/t21-/m0/s1. The minimum atomic E-state index is -4.81. The van der Waals surface area contributed by atoms with E-state index in [2.05, 4.69) is 4.74 Å². The molecule has 0 saturated heterocycles. The van der Waals surface area contributed by atoms with Crippen LogP contribution >= 0.6 is 0 Å². The highest BCUT2D eigenvalue weighted by molar-refractivity contribution is 7.89. The fourth-order valence-corrected chi connectivity index (χ4v) is 5.15. The highest BCUT2D eigenvalue weighted by atomic mass is 32.2. The van der Waals surface area contributed by atoms with E-state index in [4.69, 9.17) is 14.7 Å². The summed E-state index contributed by atoms with van der Waals surface area (Å²) in [5, 5.41) is 8.87. The zero-order valence-corrected chi connectivity index (χ0v) is 19.1. The van der Waals surface area contributed by atoms with Crippen LogP contribution in [0.3, 0.4) is 0 Å². The number of carbonyl (C=O) groups excluding carboxylic acids is 1. The van der Waals surface area contributed by atoms with Crippen LogP contribution in [0.1, 0.15) is 17.4 Å². The van der Waals surface area contributed by atoms with Gasteiger partial charge in [-0.1, -0.05) is 24.3 Å². The number of hydrogen-bond donors (Lipinski definition) is 2. The summed E-state index contributed by atoms with van der Waals surface area (Å²) in [6.45, 7) is 0.0211. The van der Waals surface area contributed by atoms with Crippen LogP contribution < -0.4 is 15.0 Å². The molecule has 0 fully saturated rings. The number of amides is 1. The normalized spacial score (nSPS) is 16.1. The molecule has 13 heteroatoms. The topological polar surface area (TPSA) is 114 Å². The van der Waals surface area contributed by atoms with Crippen molar-refractivity contribution in [3.05, 3.63) is 83.9 Å². The monoisotopic (exact) mass is 524 g/mol. The van der Waals surface area contributed by atoms with Crippen molar-refractivity contribution in [2.75, 3.05) is 6.54 Å². The van der Waals surface area contributed by atoms with Gasteiger partial charge in [0.2, 0.25) is 10.0 Å². The first-order valence-corrected chi connectivity index (χ1v) is 11.8. The molecule has 0 unspecified atom stereocenters. The lowest BCUT2D eigenvalue weighted by Crippen LogP contribution is -2.43. The van der Waals surface area contributed by atoms with E-state index < -0.39 is 34.5 Å². The molecule has 1 amide bonds. The summed E-state index contributed by atoms with van der Waals surface area (Å²) < 4.78 is 79.2. The van der Waals surface area contributed by atoms with Crippen LogP contribution in [0.15, 0.2) is 77.7 Å². The molecule has 1 aliphatic rings. The Bertz CT molecular complexity index is 1330. The highest BCUT2D eigenvalue weighted by Crippen LogP contribution is 2.36. The number of nitrogens with one attached hydrogen (secondary N) is 1. The molecule has 0 aliphatic carbocycles. The maximum Gasteiger partial charge on any atom is 0.573 e. The summed E-state index contributed by atoms with van der Waals surface area (Å²) >= 11 is 0. The van der Waals surface area contributed by atoms with Crippen LogP contribution in [0.25, 0.3) is 0 Å². The van der Waals surface area contributed by atoms with Crippen molar-refractivity contribution in [1.82, 2.24) is 9.79 Å². The average molecular weight is 524 g/mol. The van der Waals surface area contributed by atoms with Gasteiger partial charge in [0, 0.05) is 12.1 Å². The fourth-order valence-electron chi connectivity index (χ4n) is 3.66. The quantitative estimate of drug-likeness (QED) is 0.354. The fraction of sp³-hybridized carbons (Fsp3) is 0.174. The van der Waals surface area contributed by atoms with Gasteiger partial charge in [-0.05, 0) is 60.5 Å². The van der Waals surface area contributed by atoms with Crippen LogP contribution in [0.4, 0.5) is 18.0 Å².